The van der Waals surface area contributed by atoms with Crippen LogP contribution in [0.1, 0.15) is 53.0 Å². The van der Waals surface area contributed by atoms with Crippen molar-refractivity contribution in [3.63, 3.8) is 0 Å². The molecule has 0 aromatic heterocycles. The molecule has 5 heteroatoms. The van der Waals surface area contributed by atoms with Crippen molar-refractivity contribution >= 4 is 5.91 Å². The van der Waals surface area contributed by atoms with Crippen LogP contribution in [0.25, 0.3) is 0 Å². The number of para-hydroxylation sites is 1. The van der Waals surface area contributed by atoms with E-state index < -0.39 is 5.41 Å². The van der Waals surface area contributed by atoms with Crippen LogP contribution in [0.15, 0.2) is 72.8 Å². The minimum Gasteiger partial charge on any atom is -0.496 e. The van der Waals surface area contributed by atoms with Gasteiger partial charge in [0, 0.05) is 12.1 Å². The average molecular weight is 496 g/mol. The van der Waals surface area contributed by atoms with Crippen molar-refractivity contribution < 1.29 is 9.53 Å². The predicted octanol–water partition coefficient (Wildman–Crippen LogP) is 5.51. The van der Waals surface area contributed by atoms with Gasteiger partial charge in [-0.25, -0.2) is 0 Å². The number of rotatable bonds is 9. The second kappa shape index (κ2) is 12.1. The lowest BCUT2D eigenvalue weighted by molar-refractivity contribution is -0.121. The minimum absolute atomic E-state index is 0.0334. The second-order valence-electron chi connectivity index (χ2n) is 10.1. The molecule has 0 radical (unpaired) electrons. The molecule has 1 aliphatic rings. The third-order valence-electron chi connectivity index (χ3n) is 7.58. The zero-order chi connectivity index (χ0) is 26.3. The monoisotopic (exact) mass is 495 g/mol. The predicted molar refractivity (Wildman–Crippen MR) is 148 cm³/mol. The molecule has 0 aliphatic carbocycles. The van der Waals surface area contributed by atoms with Crippen LogP contribution in [-0.4, -0.2) is 44.1 Å². The first-order chi connectivity index (χ1) is 18.0. The molecule has 0 bridgehead atoms. The summed E-state index contributed by atoms with van der Waals surface area (Å²) in [6, 6.07) is 26.9. The molecule has 5 nitrogen and oxygen atoms in total. The van der Waals surface area contributed by atoms with Gasteiger partial charge in [-0.15, -0.1) is 0 Å². The molecule has 0 unspecified atom stereocenters. The second-order valence-corrected chi connectivity index (χ2v) is 10.1. The number of nitriles is 1. The van der Waals surface area contributed by atoms with Crippen LogP contribution in [0.2, 0.25) is 0 Å². The lowest BCUT2D eigenvalue weighted by atomic mass is 9.73. The number of amides is 1. The lowest BCUT2D eigenvalue weighted by Gasteiger charge is -2.38. The van der Waals surface area contributed by atoms with Crippen molar-refractivity contribution in [2.24, 2.45) is 0 Å². The number of piperidine rings is 1. The van der Waals surface area contributed by atoms with Crippen molar-refractivity contribution in [3.05, 3.63) is 101 Å². The Bertz CT molecular complexity index is 1170. The molecule has 1 amide bonds. The highest BCUT2D eigenvalue weighted by atomic mass is 16.5. The standard InChI is InChI=1S/C32H37N3O2/c1-24-9-13-26(14-10-24)30(27-15-11-25(2)12-16-27)31(36)34-19-6-20-35-21-17-32(23-33,18-22-35)28-7-4-5-8-29(28)37-3/h4-5,7-16,30H,6,17-22H2,1-3H3,(H,34,36). The number of carbonyl (C=O) groups excluding carboxylic acids is 1. The third-order valence-corrected chi connectivity index (χ3v) is 7.58. The van der Waals surface area contributed by atoms with E-state index in [-0.39, 0.29) is 11.8 Å². The molecule has 192 valence electrons. The molecular formula is C32H37N3O2. The molecule has 3 aromatic carbocycles. The van der Waals surface area contributed by atoms with Crippen LogP contribution in [0, 0.1) is 25.2 Å². The Morgan fingerprint density at radius 2 is 1.54 bits per heavy atom. The maximum atomic E-state index is 13.3. The Morgan fingerprint density at radius 3 is 2.08 bits per heavy atom. The van der Waals surface area contributed by atoms with Gasteiger partial charge < -0.3 is 15.0 Å². The van der Waals surface area contributed by atoms with E-state index in [0.29, 0.717) is 6.54 Å². The zero-order valence-corrected chi connectivity index (χ0v) is 22.2. The molecule has 0 saturated carbocycles. The van der Waals surface area contributed by atoms with Crippen LogP contribution in [0.3, 0.4) is 0 Å². The van der Waals surface area contributed by atoms with Crippen molar-refractivity contribution in [2.75, 3.05) is 33.3 Å². The maximum Gasteiger partial charge on any atom is 0.232 e. The first-order valence-electron chi connectivity index (χ1n) is 13.1. The van der Waals surface area contributed by atoms with Gasteiger partial charge in [0.25, 0.3) is 0 Å². The largest absolute Gasteiger partial charge is 0.496 e. The van der Waals surface area contributed by atoms with Crippen LogP contribution >= 0.6 is 0 Å². The smallest absolute Gasteiger partial charge is 0.232 e. The van der Waals surface area contributed by atoms with E-state index in [1.54, 1.807) is 7.11 Å². The van der Waals surface area contributed by atoms with Gasteiger partial charge in [0.15, 0.2) is 0 Å². The molecule has 0 atom stereocenters. The molecular weight excluding hydrogens is 458 g/mol. The molecule has 3 aromatic rings. The summed E-state index contributed by atoms with van der Waals surface area (Å²) in [5, 5.41) is 13.3. The number of benzene rings is 3. The summed E-state index contributed by atoms with van der Waals surface area (Å²) < 4.78 is 5.54. The van der Waals surface area contributed by atoms with Crippen molar-refractivity contribution in [1.82, 2.24) is 10.2 Å². The SMILES string of the molecule is COc1ccccc1C1(C#N)CCN(CCCNC(=O)C(c2ccc(C)cc2)c2ccc(C)cc2)CC1. The van der Waals surface area contributed by atoms with E-state index in [1.165, 1.54) is 11.1 Å². The Hall–Kier alpha value is -3.62. The Balaban J connectivity index is 1.32. The van der Waals surface area contributed by atoms with Crippen molar-refractivity contribution in [3.8, 4) is 11.8 Å². The number of ether oxygens (including phenoxy) is 1. The van der Waals surface area contributed by atoms with Gasteiger partial charge in [-0.1, -0.05) is 77.9 Å². The fourth-order valence-electron chi connectivity index (χ4n) is 5.27. The number of carbonyl (C=O) groups is 1. The molecule has 1 fully saturated rings. The number of aryl methyl sites for hydroxylation is 2. The van der Waals surface area contributed by atoms with Crippen LogP contribution in [0.5, 0.6) is 5.75 Å². The number of likely N-dealkylation sites (tertiary alicyclic amines) is 1. The quantitative estimate of drug-likeness (QED) is 0.398. The summed E-state index contributed by atoms with van der Waals surface area (Å²) in [4.78, 5) is 15.7. The molecule has 1 heterocycles. The summed E-state index contributed by atoms with van der Waals surface area (Å²) in [6.07, 6.45) is 2.42. The van der Waals surface area contributed by atoms with Gasteiger partial charge in [0.2, 0.25) is 5.91 Å². The highest BCUT2D eigenvalue weighted by Gasteiger charge is 2.38. The Morgan fingerprint density at radius 1 is 0.973 bits per heavy atom. The number of nitrogens with one attached hydrogen (secondary N) is 1. The van der Waals surface area contributed by atoms with Gasteiger partial charge >= 0.3 is 0 Å². The number of nitrogens with zero attached hydrogens (tertiary/aromatic N) is 2. The topological polar surface area (TPSA) is 65.4 Å². The van der Waals surface area contributed by atoms with Crippen LogP contribution < -0.4 is 10.1 Å². The van der Waals surface area contributed by atoms with E-state index in [0.717, 1.165) is 61.3 Å². The molecule has 4 rings (SSSR count). The maximum absolute atomic E-state index is 13.3. The Labute approximate surface area is 221 Å². The normalized spacial score (nSPS) is 15.2. The van der Waals surface area contributed by atoms with E-state index in [2.05, 4.69) is 78.7 Å². The number of methoxy groups -OCH3 is 1. The van der Waals surface area contributed by atoms with Gasteiger partial charge in [0.05, 0.1) is 24.5 Å². The summed E-state index contributed by atoms with van der Waals surface area (Å²) in [7, 11) is 1.66. The van der Waals surface area contributed by atoms with E-state index in [4.69, 9.17) is 4.74 Å². The summed E-state index contributed by atoms with van der Waals surface area (Å²) in [6.45, 7) is 7.35. The Kier molecular flexibility index (Phi) is 8.63. The lowest BCUT2D eigenvalue weighted by Crippen LogP contribution is -2.43. The van der Waals surface area contributed by atoms with Crippen molar-refractivity contribution in [2.45, 2.75) is 44.4 Å². The zero-order valence-electron chi connectivity index (χ0n) is 22.2. The van der Waals surface area contributed by atoms with Gasteiger partial charge in [0.1, 0.15) is 5.75 Å². The van der Waals surface area contributed by atoms with Crippen LogP contribution in [0.4, 0.5) is 0 Å². The summed E-state index contributed by atoms with van der Waals surface area (Å²) in [5.41, 5.74) is 4.86. The molecule has 37 heavy (non-hydrogen) atoms. The molecule has 1 N–H and O–H groups in total. The van der Waals surface area contributed by atoms with E-state index >= 15 is 0 Å². The summed E-state index contributed by atoms with van der Waals surface area (Å²) in [5.74, 6) is 0.497. The van der Waals surface area contributed by atoms with Gasteiger partial charge in [-0.3, -0.25) is 4.79 Å². The molecule has 0 spiro atoms. The molecule has 1 saturated heterocycles. The van der Waals surface area contributed by atoms with E-state index in [1.807, 2.05) is 24.3 Å². The highest BCUT2D eigenvalue weighted by molar-refractivity contribution is 5.87. The average Bonchev–Trinajstić information content (AvgIpc) is 2.94. The number of hydrogen-bond donors (Lipinski definition) is 1. The summed E-state index contributed by atoms with van der Waals surface area (Å²) >= 11 is 0. The van der Waals surface area contributed by atoms with Gasteiger partial charge in [-0.05, 0) is 69.9 Å². The van der Waals surface area contributed by atoms with E-state index in [9.17, 15) is 10.1 Å². The molecule has 1 aliphatic heterocycles. The first-order valence-corrected chi connectivity index (χ1v) is 13.1. The highest BCUT2D eigenvalue weighted by Crippen LogP contribution is 2.39. The third kappa shape index (κ3) is 6.21. The number of hydrogen-bond acceptors (Lipinski definition) is 4. The van der Waals surface area contributed by atoms with Crippen LogP contribution in [-0.2, 0) is 10.2 Å². The van der Waals surface area contributed by atoms with Gasteiger partial charge in [-0.2, -0.15) is 5.26 Å². The fraction of sp³-hybridized carbons (Fsp3) is 0.375. The van der Waals surface area contributed by atoms with Crippen molar-refractivity contribution in [1.29, 1.82) is 5.26 Å². The first kappa shape index (κ1) is 26.4. The minimum atomic E-state index is -0.507. The fourth-order valence-corrected chi connectivity index (χ4v) is 5.27.